The molecule has 0 saturated heterocycles. The maximum Gasteiger partial charge on any atom is 0.207 e. The van der Waals surface area contributed by atoms with Gasteiger partial charge in [0.1, 0.15) is 0 Å². The summed E-state index contributed by atoms with van der Waals surface area (Å²) in [6.45, 7) is 0.498. The SMILES string of the molecule is O=CNCc1ccc(-c2ccc3[nH]ncc3c2)nc1. The Bertz CT molecular complexity index is 703. The van der Waals surface area contributed by atoms with E-state index in [1.165, 1.54) is 0 Å². The molecule has 0 spiro atoms. The fourth-order valence-corrected chi connectivity index (χ4v) is 1.96. The third kappa shape index (κ3) is 2.30. The van der Waals surface area contributed by atoms with Crippen LogP contribution < -0.4 is 5.32 Å². The van der Waals surface area contributed by atoms with Crippen molar-refractivity contribution in [3.63, 3.8) is 0 Å². The van der Waals surface area contributed by atoms with Crippen LogP contribution in [-0.4, -0.2) is 21.6 Å². The molecule has 1 amide bonds. The Hall–Kier alpha value is -2.69. The van der Waals surface area contributed by atoms with Crippen LogP contribution in [0.5, 0.6) is 0 Å². The maximum atomic E-state index is 10.2. The van der Waals surface area contributed by atoms with Gasteiger partial charge in [0.05, 0.1) is 17.4 Å². The van der Waals surface area contributed by atoms with E-state index in [-0.39, 0.29) is 0 Å². The molecule has 2 N–H and O–H groups in total. The Kier molecular flexibility index (Phi) is 2.94. The number of hydrogen-bond donors (Lipinski definition) is 2. The predicted molar refractivity (Wildman–Crippen MR) is 72.2 cm³/mol. The molecule has 0 bridgehead atoms. The zero-order valence-electron chi connectivity index (χ0n) is 10.1. The average molecular weight is 252 g/mol. The first-order valence-corrected chi connectivity index (χ1v) is 5.92. The van der Waals surface area contributed by atoms with Gasteiger partial charge in [-0.15, -0.1) is 0 Å². The monoisotopic (exact) mass is 252 g/mol. The van der Waals surface area contributed by atoms with Crippen LogP contribution in [0.3, 0.4) is 0 Å². The van der Waals surface area contributed by atoms with E-state index >= 15 is 0 Å². The van der Waals surface area contributed by atoms with Gasteiger partial charge in [-0.05, 0) is 23.8 Å². The van der Waals surface area contributed by atoms with Crippen LogP contribution in [0.2, 0.25) is 0 Å². The molecule has 0 unspecified atom stereocenters. The maximum absolute atomic E-state index is 10.2. The summed E-state index contributed by atoms with van der Waals surface area (Å²) < 4.78 is 0. The van der Waals surface area contributed by atoms with Gasteiger partial charge < -0.3 is 5.32 Å². The summed E-state index contributed by atoms with van der Waals surface area (Å²) in [5.41, 5.74) is 3.93. The lowest BCUT2D eigenvalue weighted by Crippen LogP contribution is -2.09. The topological polar surface area (TPSA) is 70.7 Å². The zero-order chi connectivity index (χ0) is 13.1. The van der Waals surface area contributed by atoms with Crippen LogP contribution in [0.4, 0.5) is 0 Å². The number of pyridine rings is 1. The van der Waals surface area contributed by atoms with Crippen LogP contribution in [-0.2, 0) is 11.3 Å². The molecule has 0 fully saturated rings. The second kappa shape index (κ2) is 4.89. The fourth-order valence-electron chi connectivity index (χ4n) is 1.96. The number of aromatic nitrogens is 3. The Labute approximate surface area is 109 Å². The van der Waals surface area contributed by atoms with Crippen molar-refractivity contribution in [1.29, 1.82) is 0 Å². The van der Waals surface area contributed by atoms with Crippen molar-refractivity contribution >= 4 is 17.3 Å². The summed E-state index contributed by atoms with van der Waals surface area (Å²) in [7, 11) is 0. The van der Waals surface area contributed by atoms with Gasteiger partial charge in [-0.25, -0.2) is 0 Å². The van der Waals surface area contributed by atoms with Gasteiger partial charge >= 0.3 is 0 Å². The minimum Gasteiger partial charge on any atom is -0.355 e. The second-order valence-corrected chi connectivity index (χ2v) is 4.22. The van der Waals surface area contributed by atoms with Gasteiger partial charge in [0, 0.05) is 23.7 Å². The zero-order valence-corrected chi connectivity index (χ0v) is 10.1. The third-order valence-corrected chi connectivity index (χ3v) is 2.95. The highest BCUT2D eigenvalue weighted by molar-refractivity contribution is 5.83. The molecular weight excluding hydrogens is 240 g/mol. The quantitative estimate of drug-likeness (QED) is 0.696. The van der Waals surface area contributed by atoms with Gasteiger partial charge in [-0.2, -0.15) is 5.10 Å². The molecule has 0 aliphatic heterocycles. The van der Waals surface area contributed by atoms with E-state index in [9.17, 15) is 4.79 Å². The molecule has 19 heavy (non-hydrogen) atoms. The van der Waals surface area contributed by atoms with E-state index in [4.69, 9.17) is 0 Å². The smallest absolute Gasteiger partial charge is 0.207 e. The normalized spacial score (nSPS) is 10.5. The summed E-state index contributed by atoms with van der Waals surface area (Å²) in [5.74, 6) is 0. The Balaban J connectivity index is 1.90. The number of H-pyrrole nitrogens is 1. The van der Waals surface area contributed by atoms with Crippen LogP contribution in [0.25, 0.3) is 22.2 Å². The minimum absolute atomic E-state index is 0.498. The molecule has 0 aliphatic carbocycles. The number of nitrogens with one attached hydrogen (secondary N) is 2. The first-order valence-electron chi connectivity index (χ1n) is 5.92. The number of nitrogens with zero attached hydrogens (tertiary/aromatic N) is 2. The van der Waals surface area contributed by atoms with Crippen LogP contribution in [0, 0.1) is 0 Å². The van der Waals surface area contributed by atoms with E-state index in [2.05, 4.69) is 20.5 Å². The lowest BCUT2D eigenvalue weighted by molar-refractivity contribution is -0.109. The number of aromatic amines is 1. The average Bonchev–Trinajstić information content (AvgIpc) is 2.93. The number of carbonyl (C=O) groups is 1. The molecule has 3 rings (SSSR count). The van der Waals surface area contributed by atoms with E-state index in [1.54, 1.807) is 12.4 Å². The molecule has 5 heteroatoms. The highest BCUT2D eigenvalue weighted by Crippen LogP contribution is 2.21. The number of benzene rings is 1. The summed E-state index contributed by atoms with van der Waals surface area (Å²) in [6, 6.07) is 9.94. The molecular formula is C14H12N4O. The number of hydrogen-bond acceptors (Lipinski definition) is 3. The standard InChI is InChI=1S/C14H12N4O/c19-9-15-6-10-1-3-13(16-7-10)11-2-4-14-12(5-11)8-17-18-14/h1-5,7-9H,6H2,(H,15,19)(H,17,18). The first kappa shape index (κ1) is 11.4. The molecule has 0 radical (unpaired) electrons. The van der Waals surface area contributed by atoms with E-state index in [0.29, 0.717) is 13.0 Å². The summed E-state index contributed by atoms with van der Waals surface area (Å²) in [4.78, 5) is 14.6. The fraction of sp³-hybridized carbons (Fsp3) is 0.0714. The van der Waals surface area contributed by atoms with Crippen LogP contribution >= 0.6 is 0 Å². The Morgan fingerprint density at radius 1 is 1.21 bits per heavy atom. The van der Waals surface area contributed by atoms with Crippen molar-refractivity contribution in [2.24, 2.45) is 0 Å². The van der Waals surface area contributed by atoms with Gasteiger partial charge in [-0.3, -0.25) is 14.9 Å². The van der Waals surface area contributed by atoms with Crippen molar-refractivity contribution in [2.45, 2.75) is 6.54 Å². The van der Waals surface area contributed by atoms with E-state index < -0.39 is 0 Å². The predicted octanol–water partition coefficient (Wildman–Crippen LogP) is 1.87. The summed E-state index contributed by atoms with van der Waals surface area (Å²) in [6.07, 6.45) is 4.24. The molecule has 1 aromatic carbocycles. The van der Waals surface area contributed by atoms with Crippen molar-refractivity contribution in [3.8, 4) is 11.3 Å². The summed E-state index contributed by atoms with van der Waals surface area (Å²) >= 11 is 0. The number of carbonyl (C=O) groups excluding carboxylic acids is 1. The Morgan fingerprint density at radius 2 is 2.16 bits per heavy atom. The van der Waals surface area contributed by atoms with Gasteiger partial charge in [0.15, 0.2) is 0 Å². The van der Waals surface area contributed by atoms with E-state index in [1.807, 2.05) is 30.3 Å². The van der Waals surface area contributed by atoms with Gasteiger partial charge in [0.25, 0.3) is 0 Å². The minimum atomic E-state index is 0.498. The second-order valence-electron chi connectivity index (χ2n) is 4.22. The van der Waals surface area contributed by atoms with Gasteiger partial charge in [-0.1, -0.05) is 12.1 Å². The number of amides is 1. The van der Waals surface area contributed by atoms with E-state index in [0.717, 1.165) is 27.7 Å². The van der Waals surface area contributed by atoms with Gasteiger partial charge in [0.2, 0.25) is 6.41 Å². The van der Waals surface area contributed by atoms with Crippen molar-refractivity contribution in [3.05, 3.63) is 48.3 Å². The molecule has 94 valence electrons. The van der Waals surface area contributed by atoms with Crippen LogP contribution in [0.1, 0.15) is 5.56 Å². The van der Waals surface area contributed by atoms with Crippen molar-refractivity contribution < 1.29 is 4.79 Å². The lowest BCUT2D eigenvalue weighted by Gasteiger charge is -2.03. The summed E-state index contributed by atoms with van der Waals surface area (Å²) in [5, 5.41) is 10.6. The molecule has 0 aliphatic rings. The molecule has 2 heterocycles. The van der Waals surface area contributed by atoms with Crippen molar-refractivity contribution in [2.75, 3.05) is 0 Å². The molecule has 5 nitrogen and oxygen atoms in total. The Morgan fingerprint density at radius 3 is 2.95 bits per heavy atom. The number of fused-ring (bicyclic) bond motifs is 1. The largest absolute Gasteiger partial charge is 0.355 e. The molecule has 0 saturated carbocycles. The van der Waals surface area contributed by atoms with Crippen molar-refractivity contribution in [1.82, 2.24) is 20.5 Å². The van der Waals surface area contributed by atoms with Crippen LogP contribution in [0.15, 0.2) is 42.7 Å². The highest BCUT2D eigenvalue weighted by Gasteiger charge is 2.02. The molecule has 2 aromatic heterocycles. The highest BCUT2D eigenvalue weighted by atomic mass is 16.1. The third-order valence-electron chi connectivity index (χ3n) is 2.95. The molecule has 3 aromatic rings. The molecule has 0 atom stereocenters. The first-order chi connectivity index (χ1) is 9.36. The lowest BCUT2D eigenvalue weighted by atomic mass is 10.1. The number of rotatable bonds is 4.